The molecule has 0 saturated carbocycles. The Hall–Kier alpha value is -0.350. The Bertz CT molecular complexity index is 52.7. The summed E-state index contributed by atoms with van der Waals surface area (Å²) in [6.45, 7) is 0. The molecule has 0 rings (SSSR count). The Morgan fingerprint density at radius 2 is 1.12 bits per heavy atom. The smallest absolute Gasteiger partial charge is 0.227 e. The SMILES string of the molecule is F[C](C(F)F)C(F)F. The van der Waals surface area contributed by atoms with Gasteiger partial charge in [-0.25, -0.2) is 22.0 Å². The number of hydrogen-bond donors (Lipinski definition) is 0. The maximum Gasteiger partial charge on any atom is 0.281 e. The van der Waals surface area contributed by atoms with Crippen molar-refractivity contribution in [2.45, 2.75) is 12.9 Å². The molecule has 0 aromatic carbocycles. The van der Waals surface area contributed by atoms with Gasteiger partial charge in [0.05, 0.1) is 0 Å². The summed E-state index contributed by atoms with van der Waals surface area (Å²) in [5.74, 6) is 0. The van der Waals surface area contributed by atoms with Gasteiger partial charge in [-0.3, -0.25) is 0 Å². The van der Waals surface area contributed by atoms with Crippen LogP contribution in [-0.2, 0) is 0 Å². The third-order valence-electron chi connectivity index (χ3n) is 0.417. The summed E-state index contributed by atoms with van der Waals surface area (Å²) in [5, 5.41) is 0. The molecule has 1 radical (unpaired) electrons. The van der Waals surface area contributed by atoms with E-state index in [1.807, 2.05) is 0 Å². The zero-order valence-corrected chi connectivity index (χ0v) is 3.54. The average molecular weight is 133 g/mol. The molecule has 8 heavy (non-hydrogen) atoms. The van der Waals surface area contributed by atoms with Crippen LogP contribution in [0.25, 0.3) is 0 Å². The lowest BCUT2D eigenvalue weighted by atomic mass is 10.4. The highest BCUT2D eigenvalue weighted by atomic mass is 19.3. The Morgan fingerprint density at radius 1 is 0.875 bits per heavy atom. The summed E-state index contributed by atoms with van der Waals surface area (Å²) in [5.41, 5.74) is 0. The van der Waals surface area contributed by atoms with Crippen molar-refractivity contribution in [3.8, 4) is 0 Å². The summed E-state index contributed by atoms with van der Waals surface area (Å²) in [6.07, 6.45) is -9.88. The topological polar surface area (TPSA) is 0 Å². The van der Waals surface area contributed by atoms with Crippen LogP contribution in [0.15, 0.2) is 0 Å². The van der Waals surface area contributed by atoms with Crippen LogP contribution in [-0.4, -0.2) is 12.9 Å². The first-order valence-corrected chi connectivity index (χ1v) is 1.64. The number of alkyl halides is 4. The van der Waals surface area contributed by atoms with Crippen LogP contribution in [0.4, 0.5) is 22.0 Å². The minimum Gasteiger partial charge on any atom is -0.227 e. The Kier molecular flexibility index (Phi) is 2.71. The maximum absolute atomic E-state index is 11.1. The third kappa shape index (κ3) is 2.09. The second-order valence-electron chi connectivity index (χ2n) is 0.986. The minimum absolute atomic E-state index is 2.56. The molecule has 0 saturated heterocycles. The lowest BCUT2D eigenvalue weighted by Gasteiger charge is -2.00. The molecule has 0 amide bonds. The lowest BCUT2D eigenvalue weighted by molar-refractivity contribution is 0.0226. The van der Waals surface area contributed by atoms with Gasteiger partial charge in [0.25, 0.3) is 19.0 Å². The summed E-state index contributed by atoms with van der Waals surface area (Å²) in [6, 6.07) is 0. The maximum atomic E-state index is 11.1. The van der Waals surface area contributed by atoms with Gasteiger partial charge in [0.2, 0.25) is 0 Å². The quantitative estimate of drug-likeness (QED) is 0.505. The molecule has 5 heteroatoms. The molecule has 0 atom stereocenters. The second kappa shape index (κ2) is 2.84. The van der Waals surface area contributed by atoms with Gasteiger partial charge >= 0.3 is 0 Å². The molecule has 0 unspecified atom stereocenters. The summed E-state index contributed by atoms with van der Waals surface area (Å²) >= 11 is 0. The highest BCUT2D eigenvalue weighted by Crippen LogP contribution is 2.21. The van der Waals surface area contributed by atoms with Gasteiger partial charge in [0, 0.05) is 0 Å². The van der Waals surface area contributed by atoms with Crippen molar-refractivity contribution in [3.05, 3.63) is 6.17 Å². The second-order valence-corrected chi connectivity index (χ2v) is 0.986. The van der Waals surface area contributed by atoms with Crippen LogP contribution >= 0.6 is 0 Å². The van der Waals surface area contributed by atoms with Crippen LogP contribution in [0.2, 0.25) is 0 Å². The van der Waals surface area contributed by atoms with Crippen LogP contribution in [0.3, 0.4) is 0 Å². The largest absolute Gasteiger partial charge is 0.281 e. The first-order chi connectivity index (χ1) is 3.55. The number of rotatable bonds is 2. The molecular weight excluding hydrogens is 131 g/mol. The number of hydrogen-bond acceptors (Lipinski definition) is 0. The molecule has 0 N–H and O–H groups in total. The van der Waals surface area contributed by atoms with Crippen molar-refractivity contribution in [2.24, 2.45) is 0 Å². The van der Waals surface area contributed by atoms with E-state index in [2.05, 4.69) is 0 Å². The zero-order valence-electron chi connectivity index (χ0n) is 3.54. The molecular formula is C3H2F5. The first kappa shape index (κ1) is 7.65. The minimum atomic E-state index is -3.66. The van der Waals surface area contributed by atoms with E-state index < -0.39 is 19.0 Å². The van der Waals surface area contributed by atoms with E-state index in [4.69, 9.17) is 0 Å². The van der Waals surface area contributed by atoms with Gasteiger partial charge in [0.15, 0.2) is 0 Å². The normalized spacial score (nSPS) is 12.0. The van der Waals surface area contributed by atoms with E-state index in [9.17, 15) is 22.0 Å². The standard InChI is InChI=1S/C3H2F5/c4-1(2(5)6)3(7)8/h2-3H. The van der Waals surface area contributed by atoms with E-state index >= 15 is 0 Å². The van der Waals surface area contributed by atoms with Crippen LogP contribution < -0.4 is 0 Å². The molecule has 0 aliphatic rings. The lowest BCUT2D eigenvalue weighted by Crippen LogP contribution is -2.11. The molecule has 0 aliphatic heterocycles. The summed E-state index contributed by atoms with van der Waals surface area (Å²) in [7, 11) is 0. The summed E-state index contributed by atoms with van der Waals surface area (Å²) in [4.78, 5) is 0. The van der Waals surface area contributed by atoms with Gasteiger partial charge < -0.3 is 0 Å². The monoisotopic (exact) mass is 133 g/mol. The van der Waals surface area contributed by atoms with Gasteiger partial charge in [-0.2, -0.15) is 0 Å². The van der Waals surface area contributed by atoms with E-state index in [0.717, 1.165) is 0 Å². The Labute approximate surface area is 42.3 Å². The van der Waals surface area contributed by atoms with Crippen molar-refractivity contribution < 1.29 is 22.0 Å². The van der Waals surface area contributed by atoms with Crippen molar-refractivity contribution >= 4 is 0 Å². The molecule has 0 aromatic rings. The molecule has 0 aromatic heterocycles. The van der Waals surface area contributed by atoms with Crippen LogP contribution in [0.1, 0.15) is 0 Å². The molecule has 0 fully saturated rings. The highest BCUT2D eigenvalue weighted by Gasteiger charge is 2.31. The molecule has 49 valence electrons. The zero-order chi connectivity index (χ0) is 6.73. The van der Waals surface area contributed by atoms with Gasteiger partial charge in [-0.15, -0.1) is 0 Å². The average Bonchev–Trinajstić information content (AvgIpc) is 1.64. The van der Waals surface area contributed by atoms with Crippen molar-refractivity contribution in [1.29, 1.82) is 0 Å². The molecule has 0 nitrogen and oxygen atoms in total. The van der Waals surface area contributed by atoms with E-state index in [1.54, 1.807) is 0 Å². The molecule has 0 heterocycles. The van der Waals surface area contributed by atoms with Crippen molar-refractivity contribution in [1.82, 2.24) is 0 Å². The predicted octanol–water partition coefficient (Wildman–Crippen LogP) is 2.02. The summed E-state index contributed by atoms with van der Waals surface area (Å²) < 4.78 is 54.2. The fraction of sp³-hybridized carbons (Fsp3) is 0.667. The third-order valence-corrected chi connectivity index (χ3v) is 0.417. The highest BCUT2D eigenvalue weighted by molar-refractivity contribution is 4.81. The van der Waals surface area contributed by atoms with E-state index in [0.29, 0.717) is 0 Å². The molecule has 0 spiro atoms. The van der Waals surface area contributed by atoms with E-state index in [1.165, 1.54) is 0 Å². The molecule has 0 aliphatic carbocycles. The van der Waals surface area contributed by atoms with Gasteiger partial charge in [-0.1, -0.05) is 0 Å². The fourth-order valence-electron chi connectivity index (χ4n) is 0.0952. The van der Waals surface area contributed by atoms with Crippen molar-refractivity contribution in [2.75, 3.05) is 0 Å². The first-order valence-electron chi connectivity index (χ1n) is 1.64. The Morgan fingerprint density at radius 3 is 1.12 bits per heavy atom. The van der Waals surface area contributed by atoms with Crippen LogP contribution in [0.5, 0.6) is 0 Å². The van der Waals surface area contributed by atoms with E-state index in [-0.39, 0.29) is 0 Å². The predicted molar refractivity (Wildman–Crippen MR) is 16.4 cm³/mol. The van der Waals surface area contributed by atoms with Gasteiger partial charge in [0.1, 0.15) is 0 Å². The van der Waals surface area contributed by atoms with Crippen LogP contribution in [0, 0.1) is 6.17 Å². The van der Waals surface area contributed by atoms with Gasteiger partial charge in [-0.05, 0) is 0 Å². The number of halogens is 5. The van der Waals surface area contributed by atoms with Crippen molar-refractivity contribution in [3.63, 3.8) is 0 Å². The Balaban J connectivity index is 3.46. The molecule has 0 bridgehead atoms. The fourth-order valence-corrected chi connectivity index (χ4v) is 0.0952.